The Morgan fingerprint density at radius 3 is 2.56 bits per heavy atom. The topological polar surface area (TPSA) is 93.5 Å². The van der Waals surface area contributed by atoms with Gasteiger partial charge in [-0.25, -0.2) is 9.37 Å². The molecule has 2 N–H and O–H groups in total. The lowest BCUT2D eigenvalue weighted by Crippen LogP contribution is -2.56. The number of rotatable bonds is 8. The van der Waals surface area contributed by atoms with Gasteiger partial charge in [-0.15, -0.1) is 0 Å². The first kappa shape index (κ1) is 25.1. The lowest BCUT2D eigenvalue weighted by Gasteiger charge is -2.57. The number of pyridine rings is 1. The van der Waals surface area contributed by atoms with Crippen LogP contribution in [-0.4, -0.2) is 39.7 Å². The van der Waals surface area contributed by atoms with Gasteiger partial charge >= 0.3 is 5.97 Å². The van der Waals surface area contributed by atoms with Gasteiger partial charge in [0.1, 0.15) is 5.82 Å². The number of methoxy groups -OCH3 is 1. The van der Waals surface area contributed by atoms with Crippen molar-refractivity contribution < 1.29 is 23.8 Å². The largest absolute Gasteiger partial charge is 0.481 e. The highest BCUT2D eigenvalue weighted by atomic mass is 19.1. The van der Waals surface area contributed by atoms with Crippen molar-refractivity contribution in [3.8, 4) is 17.0 Å². The summed E-state index contributed by atoms with van der Waals surface area (Å²) in [5, 5.41) is 12.5. The fourth-order valence-corrected chi connectivity index (χ4v) is 6.55. The zero-order valence-electron chi connectivity index (χ0n) is 21.7. The Bertz CT molecular complexity index is 1550. The Hall–Kier alpha value is -4.20. The number of carbonyl (C=O) groups is 2. The summed E-state index contributed by atoms with van der Waals surface area (Å²) in [7, 11) is 1.59. The van der Waals surface area contributed by atoms with E-state index in [1.807, 2.05) is 47.2 Å². The number of aromatic nitrogens is 2. The van der Waals surface area contributed by atoms with Crippen LogP contribution in [-0.2, 0) is 11.3 Å². The normalized spacial score (nSPS) is 21.8. The van der Waals surface area contributed by atoms with E-state index < -0.39 is 5.97 Å². The SMILES string of the molecule is COc1cc(-c2ccc(Cn3ccc4c(F)ccc(C(=O)NC5CC6(CC(CC(=O)O)C6)C5)c43)cc2)ccn1. The highest BCUT2D eigenvalue weighted by Crippen LogP contribution is 2.59. The van der Waals surface area contributed by atoms with Crippen molar-refractivity contribution in [1.82, 2.24) is 14.9 Å². The van der Waals surface area contributed by atoms with Crippen molar-refractivity contribution in [2.24, 2.45) is 11.3 Å². The van der Waals surface area contributed by atoms with E-state index in [1.54, 1.807) is 25.4 Å². The summed E-state index contributed by atoms with van der Waals surface area (Å²) in [6, 6.07) is 16.6. The molecule has 1 spiro atoms. The Balaban J connectivity index is 1.16. The van der Waals surface area contributed by atoms with Gasteiger partial charge in [-0.2, -0.15) is 0 Å². The van der Waals surface area contributed by atoms with Crippen LogP contribution in [0.4, 0.5) is 4.39 Å². The molecule has 39 heavy (non-hydrogen) atoms. The van der Waals surface area contributed by atoms with E-state index in [1.165, 1.54) is 6.07 Å². The van der Waals surface area contributed by atoms with Gasteiger partial charge in [0, 0.05) is 42.9 Å². The number of halogens is 1. The van der Waals surface area contributed by atoms with E-state index in [2.05, 4.69) is 10.3 Å². The number of fused-ring (bicyclic) bond motifs is 1. The molecule has 0 bridgehead atoms. The molecular formula is C31H30FN3O4. The summed E-state index contributed by atoms with van der Waals surface area (Å²) >= 11 is 0. The molecule has 2 aromatic carbocycles. The molecular weight excluding hydrogens is 497 g/mol. The summed E-state index contributed by atoms with van der Waals surface area (Å²) in [5.41, 5.74) is 4.27. The van der Waals surface area contributed by atoms with Crippen molar-refractivity contribution in [3.05, 3.63) is 83.9 Å². The quantitative estimate of drug-likeness (QED) is 0.308. The number of hydrogen-bond donors (Lipinski definition) is 2. The minimum absolute atomic E-state index is 0.0612. The van der Waals surface area contributed by atoms with Gasteiger partial charge in [-0.3, -0.25) is 9.59 Å². The second kappa shape index (κ2) is 9.84. The Morgan fingerprint density at radius 2 is 1.85 bits per heavy atom. The number of nitrogens with one attached hydrogen (secondary N) is 1. The van der Waals surface area contributed by atoms with Gasteiger partial charge in [0.25, 0.3) is 5.91 Å². The summed E-state index contributed by atoms with van der Waals surface area (Å²) in [6.07, 6.45) is 7.34. The van der Waals surface area contributed by atoms with Crippen molar-refractivity contribution in [2.75, 3.05) is 7.11 Å². The van der Waals surface area contributed by atoms with Crippen LogP contribution < -0.4 is 10.1 Å². The predicted molar refractivity (Wildman–Crippen MR) is 145 cm³/mol. The van der Waals surface area contributed by atoms with E-state index in [0.717, 1.165) is 42.4 Å². The summed E-state index contributed by atoms with van der Waals surface area (Å²) in [6.45, 7) is 0.491. The number of nitrogens with zero attached hydrogens (tertiary/aromatic N) is 2. The molecule has 0 saturated heterocycles. The second-order valence-electron chi connectivity index (χ2n) is 11.0. The zero-order chi connectivity index (χ0) is 27.1. The molecule has 7 nitrogen and oxygen atoms in total. The maximum atomic E-state index is 14.7. The van der Waals surface area contributed by atoms with Crippen LogP contribution in [0, 0.1) is 17.2 Å². The minimum atomic E-state index is -0.743. The average molecular weight is 528 g/mol. The zero-order valence-corrected chi connectivity index (χ0v) is 21.7. The van der Waals surface area contributed by atoms with Gasteiger partial charge in [-0.05, 0) is 78.0 Å². The molecule has 2 aliphatic rings. The standard InChI is InChI=1S/C31H30FN3O4/c1-39-27-13-22(8-10-33-27)21-4-2-19(3-5-21)18-35-11-9-24-26(32)7-6-25(29(24)35)30(38)34-23-16-31(17-23)14-20(15-31)12-28(36)37/h2-11,13,20,23H,12,14-18H2,1H3,(H,34,38)(H,36,37). The van der Waals surface area contributed by atoms with Crippen LogP contribution in [0.2, 0.25) is 0 Å². The Labute approximate surface area is 225 Å². The first-order chi connectivity index (χ1) is 18.8. The highest BCUT2D eigenvalue weighted by Gasteiger charge is 2.53. The van der Waals surface area contributed by atoms with E-state index >= 15 is 0 Å². The fraction of sp³-hybridized carbons (Fsp3) is 0.323. The lowest BCUT2D eigenvalue weighted by molar-refractivity contribution is -0.142. The molecule has 0 unspecified atom stereocenters. The maximum Gasteiger partial charge on any atom is 0.303 e. The number of carbonyl (C=O) groups excluding carboxylic acids is 1. The molecule has 4 aromatic rings. The van der Waals surface area contributed by atoms with Crippen LogP contribution >= 0.6 is 0 Å². The second-order valence-corrected chi connectivity index (χ2v) is 11.0. The maximum absolute atomic E-state index is 14.7. The number of carboxylic acids is 1. The van der Waals surface area contributed by atoms with Crippen molar-refractivity contribution in [2.45, 2.75) is 44.7 Å². The third-order valence-electron chi connectivity index (χ3n) is 8.30. The van der Waals surface area contributed by atoms with Crippen molar-refractivity contribution in [3.63, 3.8) is 0 Å². The van der Waals surface area contributed by atoms with Gasteiger partial charge < -0.3 is 19.7 Å². The number of hydrogen-bond acceptors (Lipinski definition) is 4. The van der Waals surface area contributed by atoms with E-state index in [4.69, 9.17) is 9.84 Å². The monoisotopic (exact) mass is 527 g/mol. The average Bonchev–Trinajstić information content (AvgIpc) is 3.31. The minimum Gasteiger partial charge on any atom is -0.481 e. The van der Waals surface area contributed by atoms with Gasteiger partial charge in [0.2, 0.25) is 5.88 Å². The molecule has 2 fully saturated rings. The number of amides is 1. The van der Waals surface area contributed by atoms with E-state index in [9.17, 15) is 14.0 Å². The third kappa shape index (κ3) is 4.87. The van der Waals surface area contributed by atoms with Crippen LogP contribution in [0.15, 0.2) is 67.0 Å². The number of ether oxygens (including phenoxy) is 1. The van der Waals surface area contributed by atoms with Crippen molar-refractivity contribution in [1.29, 1.82) is 0 Å². The molecule has 1 amide bonds. The van der Waals surface area contributed by atoms with E-state index in [0.29, 0.717) is 28.9 Å². The Morgan fingerprint density at radius 1 is 1.08 bits per heavy atom. The Kier molecular flexibility index (Phi) is 6.33. The number of aliphatic carboxylic acids is 1. The fourth-order valence-electron chi connectivity index (χ4n) is 6.55. The molecule has 0 aliphatic heterocycles. The van der Waals surface area contributed by atoms with Gasteiger partial charge in [0.05, 0.1) is 18.2 Å². The highest BCUT2D eigenvalue weighted by molar-refractivity contribution is 6.06. The van der Waals surface area contributed by atoms with Crippen LogP contribution in [0.5, 0.6) is 5.88 Å². The lowest BCUT2D eigenvalue weighted by atomic mass is 9.49. The summed E-state index contributed by atoms with van der Waals surface area (Å²) in [5.74, 6) is -0.504. The number of carboxylic acid groups (broad SMARTS) is 1. The molecule has 0 radical (unpaired) electrons. The third-order valence-corrected chi connectivity index (χ3v) is 8.30. The summed E-state index contributed by atoms with van der Waals surface area (Å²) in [4.78, 5) is 28.4. The van der Waals surface area contributed by atoms with Crippen LogP contribution in [0.25, 0.3) is 22.0 Å². The first-order valence-electron chi connectivity index (χ1n) is 13.2. The summed E-state index contributed by atoms with van der Waals surface area (Å²) < 4.78 is 21.8. The van der Waals surface area contributed by atoms with E-state index in [-0.39, 0.29) is 35.5 Å². The molecule has 2 heterocycles. The molecule has 0 atom stereocenters. The molecule has 2 aromatic heterocycles. The molecule has 6 rings (SSSR count). The van der Waals surface area contributed by atoms with Gasteiger partial charge in [0.15, 0.2) is 0 Å². The molecule has 200 valence electrons. The molecule has 2 aliphatic carbocycles. The predicted octanol–water partition coefficient (Wildman–Crippen LogP) is 5.66. The molecule has 8 heteroatoms. The first-order valence-corrected chi connectivity index (χ1v) is 13.2. The van der Waals surface area contributed by atoms with Crippen molar-refractivity contribution >= 4 is 22.8 Å². The van der Waals surface area contributed by atoms with Gasteiger partial charge in [-0.1, -0.05) is 24.3 Å². The number of benzene rings is 2. The van der Waals surface area contributed by atoms with Crippen LogP contribution in [0.1, 0.15) is 48.0 Å². The smallest absolute Gasteiger partial charge is 0.303 e. The molecule has 2 saturated carbocycles. The van der Waals surface area contributed by atoms with Crippen LogP contribution in [0.3, 0.4) is 0 Å².